The Morgan fingerprint density at radius 2 is 1.84 bits per heavy atom. The van der Waals surface area contributed by atoms with Crippen LogP contribution in [-0.2, 0) is 23.1 Å². The molecule has 2 aliphatic rings. The third-order valence-electron chi connectivity index (χ3n) is 3.87. The maximum atomic E-state index is 12.5. The first-order valence-electron chi connectivity index (χ1n) is 6.58. The zero-order chi connectivity index (χ0) is 13.5. The average Bonchev–Trinajstić information content (AvgIpc) is 2.86. The highest BCUT2D eigenvalue weighted by atomic mass is 32.2. The molecule has 1 aromatic carbocycles. The molecule has 104 valence electrons. The summed E-state index contributed by atoms with van der Waals surface area (Å²) in [6.07, 6.45) is 0.674. The molecule has 0 bridgehead atoms. The van der Waals surface area contributed by atoms with E-state index in [1.807, 2.05) is 6.07 Å². The zero-order valence-electron chi connectivity index (χ0n) is 10.7. The highest BCUT2D eigenvalue weighted by Gasteiger charge is 2.29. The van der Waals surface area contributed by atoms with Crippen LogP contribution >= 0.6 is 0 Å². The molecule has 0 aromatic heterocycles. The zero-order valence-corrected chi connectivity index (χ0v) is 11.5. The Labute approximate surface area is 113 Å². The quantitative estimate of drug-likeness (QED) is 0.825. The van der Waals surface area contributed by atoms with Gasteiger partial charge in [-0.3, -0.25) is 0 Å². The number of nitrogens with one attached hydrogen (secondary N) is 1. The molecular formula is C13H18N2O3S. The lowest BCUT2D eigenvalue weighted by Crippen LogP contribution is -2.40. The molecule has 19 heavy (non-hydrogen) atoms. The molecule has 1 aromatic rings. The van der Waals surface area contributed by atoms with Crippen molar-refractivity contribution in [2.45, 2.75) is 36.9 Å². The van der Waals surface area contributed by atoms with Gasteiger partial charge in [0.15, 0.2) is 0 Å². The Balaban J connectivity index is 1.88. The molecule has 5 nitrogen and oxygen atoms in total. The van der Waals surface area contributed by atoms with Crippen LogP contribution in [-0.4, -0.2) is 37.0 Å². The van der Waals surface area contributed by atoms with Gasteiger partial charge in [0.2, 0.25) is 10.0 Å². The summed E-state index contributed by atoms with van der Waals surface area (Å²) in [5.41, 5.74) is 2.24. The smallest absolute Gasteiger partial charge is 0.243 e. The largest absolute Gasteiger partial charge is 0.393 e. The van der Waals surface area contributed by atoms with Gasteiger partial charge in [-0.05, 0) is 36.1 Å². The molecule has 3 rings (SSSR count). The van der Waals surface area contributed by atoms with Gasteiger partial charge in [0.1, 0.15) is 0 Å². The van der Waals surface area contributed by atoms with Gasteiger partial charge in [-0.1, -0.05) is 6.07 Å². The van der Waals surface area contributed by atoms with E-state index in [1.165, 1.54) is 9.87 Å². The number of fused-ring (bicyclic) bond motifs is 1. The van der Waals surface area contributed by atoms with Crippen molar-refractivity contribution in [3.05, 3.63) is 29.3 Å². The van der Waals surface area contributed by atoms with Gasteiger partial charge in [0.25, 0.3) is 0 Å². The Hall–Kier alpha value is -0.950. The fourth-order valence-corrected chi connectivity index (χ4v) is 4.18. The number of benzene rings is 1. The van der Waals surface area contributed by atoms with E-state index >= 15 is 0 Å². The molecule has 0 atom stereocenters. The standard InChI is InChI=1S/C13H18N2O3S/c16-12-3-5-15(6-4-12)19(17,18)13-2-1-10-8-14-9-11(10)7-13/h1-2,7,12,14,16H,3-6,8-9H2. The number of rotatable bonds is 2. The molecule has 0 amide bonds. The van der Waals surface area contributed by atoms with E-state index in [0.717, 1.165) is 18.7 Å². The van der Waals surface area contributed by atoms with E-state index in [9.17, 15) is 13.5 Å². The van der Waals surface area contributed by atoms with Gasteiger partial charge in [-0.25, -0.2) is 8.42 Å². The fraction of sp³-hybridized carbons (Fsp3) is 0.538. The number of aliphatic hydroxyl groups is 1. The highest BCUT2D eigenvalue weighted by molar-refractivity contribution is 7.89. The normalized spacial score (nSPS) is 21.5. The van der Waals surface area contributed by atoms with Crippen LogP contribution < -0.4 is 5.32 Å². The first-order valence-corrected chi connectivity index (χ1v) is 8.02. The van der Waals surface area contributed by atoms with E-state index in [2.05, 4.69) is 5.32 Å². The first-order chi connectivity index (χ1) is 9.07. The number of sulfonamides is 1. The molecule has 0 aliphatic carbocycles. The van der Waals surface area contributed by atoms with E-state index < -0.39 is 10.0 Å². The SMILES string of the molecule is O=S(=O)(c1ccc2c(c1)CNC2)N1CCC(O)CC1. The summed E-state index contributed by atoms with van der Waals surface area (Å²) < 4.78 is 26.5. The van der Waals surface area contributed by atoms with Crippen molar-refractivity contribution in [2.24, 2.45) is 0 Å². The van der Waals surface area contributed by atoms with Crippen molar-refractivity contribution in [3.8, 4) is 0 Å². The van der Waals surface area contributed by atoms with Gasteiger partial charge in [0.05, 0.1) is 11.0 Å². The summed E-state index contributed by atoms with van der Waals surface area (Å²) >= 11 is 0. The molecule has 2 heterocycles. The third-order valence-corrected chi connectivity index (χ3v) is 5.76. The molecule has 0 spiro atoms. The van der Waals surface area contributed by atoms with Gasteiger partial charge in [0, 0.05) is 26.2 Å². The molecule has 2 N–H and O–H groups in total. The van der Waals surface area contributed by atoms with Crippen LogP contribution in [0.25, 0.3) is 0 Å². The van der Waals surface area contributed by atoms with Crippen molar-refractivity contribution in [1.29, 1.82) is 0 Å². The first kappa shape index (κ1) is 13.1. The van der Waals surface area contributed by atoms with Crippen molar-refractivity contribution in [2.75, 3.05) is 13.1 Å². The molecule has 0 saturated carbocycles. The Bertz CT molecular complexity index is 578. The van der Waals surface area contributed by atoms with E-state index in [-0.39, 0.29) is 6.10 Å². The van der Waals surface area contributed by atoms with Gasteiger partial charge in [-0.15, -0.1) is 0 Å². The molecule has 6 heteroatoms. The maximum absolute atomic E-state index is 12.5. The number of aliphatic hydroxyl groups excluding tert-OH is 1. The predicted octanol–water partition coefficient (Wildman–Crippen LogP) is 0.435. The Morgan fingerprint density at radius 3 is 2.58 bits per heavy atom. The summed E-state index contributed by atoms with van der Waals surface area (Å²) in [7, 11) is -3.41. The van der Waals surface area contributed by atoms with E-state index in [4.69, 9.17) is 0 Å². The monoisotopic (exact) mass is 282 g/mol. The van der Waals surface area contributed by atoms with Crippen LogP contribution in [0.5, 0.6) is 0 Å². The molecule has 0 unspecified atom stereocenters. The van der Waals surface area contributed by atoms with Crippen molar-refractivity contribution >= 4 is 10.0 Å². The van der Waals surface area contributed by atoms with Crippen LogP contribution in [0.15, 0.2) is 23.1 Å². The Kier molecular flexibility index (Phi) is 3.34. The lowest BCUT2D eigenvalue weighted by atomic mass is 10.1. The van der Waals surface area contributed by atoms with Crippen molar-refractivity contribution < 1.29 is 13.5 Å². The number of nitrogens with zero attached hydrogens (tertiary/aromatic N) is 1. The highest BCUT2D eigenvalue weighted by Crippen LogP contribution is 2.24. The second-order valence-electron chi connectivity index (χ2n) is 5.17. The summed E-state index contributed by atoms with van der Waals surface area (Å²) in [5.74, 6) is 0. The van der Waals surface area contributed by atoms with Crippen molar-refractivity contribution in [1.82, 2.24) is 9.62 Å². The van der Waals surface area contributed by atoms with Crippen LogP contribution in [0, 0.1) is 0 Å². The lowest BCUT2D eigenvalue weighted by molar-refractivity contribution is 0.113. The maximum Gasteiger partial charge on any atom is 0.243 e. The van der Waals surface area contributed by atoms with E-state index in [0.29, 0.717) is 30.8 Å². The van der Waals surface area contributed by atoms with Crippen LogP contribution in [0.1, 0.15) is 24.0 Å². The average molecular weight is 282 g/mol. The minimum Gasteiger partial charge on any atom is -0.393 e. The molecule has 0 radical (unpaired) electrons. The topological polar surface area (TPSA) is 69.6 Å². The second-order valence-corrected chi connectivity index (χ2v) is 7.11. The van der Waals surface area contributed by atoms with Crippen LogP contribution in [0.4, 0.5) is 0 Å². The molecular weight excluding hydrogens is 264 g/mol. The van der Waals surface area contributed by atoms with Crippen LogP contribution in [0.2, 0.25) is 0 Å². The fourth-order valence-electron chi connectivity index (χ4n) is 2.66. The number of piperidine rings is 1. The van der Waals surface area contributed by atoms with Gasteiger partial charge >= 0.3 is 0 Å². The minimum atomic E-state index is -3.41. The third kappa shape index (κ3) is 2.41. The molecule has 2 aliphatic heterocycles. The predicted molar refractivity (Wildman–Crippen MR) is 71.0 cm³/mol. The van der Waals surface area contributed by atoms with E-state index in [1.54, 1.807) is 12.1 Å². The summed E-state index contributed by atoms with van der Waals surface area (Å²) in [4.78, 5) is 0.367. The lowest BCUT2D eigenvalue weighted by Gasteiger charge is -2.28. The Morgan fingerprint density at radius 1 is 1.16 bits per heavy atom. The molecule has 1 saturated heterocycles. The minimum absolute atomic E-state index is 0.365. The van der Waals surface area contributed by atoms with Gasteiger partial charge in [-0.2, -0.15) is 4.31 Å². The number of hydrogen-bond donors (Lipinski definition) is 2. The van der Waals surface area contributed by atoms with Crippen LogP contribution in [0.3, 0.4) is 0 Å². The second kappa shape index (κ2) is 4.86. The summed E-state index contributed by atoms with van der Waals surface area (Å²) in [6.45, 7) is 2.35. The van der Waals surface area contributed by atoms with Gasteiger partial charge < -0.3 is 10.4 Å². The molecule has 1 fully saturated rings. The summed E-state index contributed by atoms with van der Waals surface area (Å²) in [5, 5.41) is 12.7. The van der Waals surface area contributed by atoms with Crippen molar-refractivity contribution in [3.63, 3.8) is 0 Å². The summed E-state index contributed by atoms with van der Waals surface area (Å²) in [6, 6.07) is 5.35. The number of hydrogen-bond acceptors (Lipinski definition) is 4.